The van der Waals surface area contributed by atoms with E-state index in [4.69, 9.17) is 5.73 Å². The zero-order valence-electron chi connectivity index (χ0n) is 14.1. The molecule has 0 aromatic heterocycles. The molecule has 0 spiro atoms. The first-order chi connectivity index (χ1) is 9.86. The molecule has 0 saturated carbocycles. The molecule has 1 aliphatic rings. The normalized spacial score (nSPS) is 18.8. The number of hydrogen-bond donors (Lipinski definition) is 1. The van der Waals surface area contributed by atoms with Gasteiger partial charge in [-0.2, -0.15) is 0 Å². The van der Waals surface area contributed by atoms with Crippen molar-refractivity contribution in [2.75, 3.05) is 37.6 Å². The zero-order valence-corrected chi connectivity index (χ0v) is 14.1. The molecule has 1 unspecified atom stereocenters. The highest BCUT2D eigenvalue weighted by atomic mass is 15.3. The highest BCUT2D eigenvalue weighted by Gasteiger charge is 2.22. The lowest BCUT2D eigenvalue weighted by atomic mass is 9.85. The number of nitrogens with two attached hydrogens (primary N) is 1. The summed E-state index contributed by atoms with van der Waals surface area (Å²) in [6, 6.07) is 9.10. The minimum Gasteiger partial charge on any atom is -0.369 e. The van der Waals surface area contributed by atoms with E-state index < -0.39 is 0 Å². The molecule has 0 bridgehead atoms. The van der Waals surface area contributed by atoms with Crippen LogP contribution in [-0.2, 0) is 0 Å². The Morgan fingerprint density at radius 2 is 1.81 bits per heavy atom. The van der Waals surface area contributed by atoms with Crippen LogP contribution in [0.3, 0.4) is 0 Å². The molecule has 1 aromatic carbocycles. The van der Waals surface area contributed by atoms with Gasteiger partial charge in [-0.15, -0.1) is 0 Å². The van der Waals surface area contributed by atoms with Crippen molar-refractivity contribution >= 4 is 5.69 Å². The van der Waals surface area contributed by atoms with Gasteiger partial charge in [0.25, 0.3) is 0 Å². The molecule has 1 aliphatic heterocycles. The average Bonchev–Trinajstić information content (AvgIpc) is 2.44. The molecule has 2 rings (SSSR count). The van der Waals surface area contributed by atoms with Crippen molar-refractivity contribution in [2.24, 2.45) is 11.1 Å². The number of anilines is 1. The van der Waals surface area contributed by atoms with Gasteiger partial charge in [-0.3, -0.25) is 4.90 Å². The van der Waals surface area contributed by atoms with Crippen molar-refractivity contribution in [3.63, 3.8) is 0 Å². The van der Waals surface area contributed by atoms with Gasteiger partial charge < -0.3 is 10.6 Å². The van der Waals surface area contributed by atoms with Crippen molar-refractivity contribution in [1.82, 2.24) is 4.90 Å². The predicted molar refractivity (Wildman–Crippen MR) is 91.9 cm³/mol. The molecule has 3 nitrogen and oxygen atoms in total. The highest BCUT2D eigenvalue weighted by molar-refractivity contribution is 5.48. The molecular weight excluding hydrogens is 258 g/mol. The largest absolute Gasteiger partial charge is 0.369 e. The zero-order chi connectivity index (χ0) is 15.5. The maximum Gasteiger partial charge on any atom is 0.0369 e. The summed E-state index contributed by atoms with van der Waals surface area (Å²) in [6.45, 7) is 14.5. The molecule has 118 valence electrons. The fourth-order valence-electron chi connectivity index (χ4n) is 2.81. The summed E-state index contributed by atoms with van der Waals surface area (Å²) in [6.07, 6.45) is 1.09. The molecule has 1 saturated heterocycles. The summed E-state index contributed by atoms with van der Waals surface area (Å²) in [5.41, 5.74) is 9.18. The predicted octanol–water partition coefficient (Wildman–Crippen LogP) is 2.88. The van der Waals surface area contributed by atoms with E-state index in [2.05, 4.69) is 61.8 Å². The number of piperazine rings is 1. The van der Waals surface area contributed by atoms with Crippen molar-refractivity contribution in [1.29, 1.82) is 0 Å². The summed E-state index contributed by atoms with van der Waals surface area (Å²) >= 11 is 0. The first kappa shape index (κ1) is 16.3. The van der Waals surface area contributed by atoms with Crippen LogP contribution in [0.15, 0.2) is 24.3 Å². The Kier molecular flexibility index (Phi) is 5.28. The van der Waals surface area contributed by atoms with Gasteiger partial charge in [0.05, 0.1) is 0 Å². The van der Waals surface area contributed by atoms with Gasteiger partial charge in [0, 0.05) is 37.9 Å². The molecule has 1 heterocycles. The Bertz CT molecular complexity index is 442. The van der Waals surface area contributed by atoms with Crippen LogP contribution in [0.4, 0.5) is 5.69 Å². The number of aryl methyl sites for hydroxylation is 1. The second-order valence-corrected chi connectivity index (χ2v) is 7.43. The molecule has 1 aromatic rings. The summed E-state index contributed by atoms with van der Waals surface area (Å²) in [4.78, 5) is 5.05. The van der Waals surface area contributed by atoms with E-state index in [1.54, 1.807) is 0 Å². The summed E-state index contributed by atoms with van der Waals surface area (Å²) in [7, 11) is 0. The van der Waals surface area contributed by atoms with Crippen LogP contribution in [0, 0.1) is 12.3 Å². The highest BCUT2D eigenvalue weighted by Crippen LogP contribution is 2.21. The van der Waals surface area contributed by atoms with E-state index in [9.17, 15) is 0 Å². The fourth-order valence-corrected chi connectivity index (χ4v) is 2.81. The van der Waals surface area contributed by atoms with Crippen LogP contribution in [0.1, 0.15) is 32.8 Å². The van der Waals surface area contributed by atoms with Gasteiger partial charge in [0.1, 0.15) is 0 Å². The van der Waals surface area contributed by atoms with Crippen molar-refractivity contribution in [3.8, 4) is 0 Å². The molecule has 2 N–H and O–H groups in total. The average molecular weight is 289 g/mol. The smallest absolute Gasteiger partial charge is 0.0369 e. The SMILES string of the molecule is Cc1cccc(N2CCN(CCC(N)C(C)(C)C)CC2)c1. The molecule has 21 heavy (non-hydrogen) atoms. The number of rotatable bonds is 4. The molecule has 0 amide bonds. The molecule has 0 radical (unpaired) electrons. The van der Waals surface area contributed by atoms with Gasteiger partial charge in [-0.25, -0.2) is 0 Å². The van der Waals surface area contributed by atoms with E-state index in [0.717, 1.165) is 39.1 Å². The van der Waals surface area contributed by atoms with Crippen LogP contribution in [0.5, 0.6) is 0 Å². The van der Waals surface area contributed by atoms with Gasteiger partial charge >= 0.3 is 0 Å². The maximum absolute atomic E-state index is 6.27. The van der Waals surface area contributed by atoms with Crippen LogP contribution < -0.4 is 10.6 Å². The van der Waals surface area contributed by atoms with Crippen molar-refractivity contribution < 1.29 is 0 Å². The quantitative estimate of drug-likeness (QED) is 0.925. The van der Waals surface area contributed by atoms with Gasteiger partial charge in [-0.1, -0.05) is 32.9 Å². The molecule has 1 atom stereocenters. The topological polar surface area (TPSA) is 32.5 Å². The Balaban J connectivity index is 1.78. The van der Waals surface area contributed by atoms with Crippen LogP contribution >= 0.6 is 0 Å². The fraction of sp³-hybridized carbons (Fsp3) is 0.667. The van der Waals surface area contributed by atoms with E-state index in [1.807, 2.05) is 0 Å². The second-order valence-electron chi connectivity index (χ2n) is 7.43. The molecular formula is C18H31N3. The third-order valence-electron chi connectivity index (χ3n) is 4.61. The molecule has 0 aliphatic carbocycles. The van der Waals surface area contributed by atoms with E-state index >= 15 is 0 Å². The van der Waals surface area contributed by atoms with Crippen molar-refractivity contribution in [3.05, 3.63) is 29.8 Å². The van der Waals surface area contributed by atoms with Crippen LogP contribution in [-0.4, -0.2) is 43.7 Å². The third-order valence-corrected chi connectivity index (χ3v) is 4.61. The van der Waals surface area contributed by atoms with Gasteiger partial charge in [0.15, 0.2) is 0 Å². The van der Waals surface area contributed by atoms with Crippen LogP contribution in [0.25, 0.3) is 0 Å². The lowest BCUT2D eigenvalue weighted by molar-refractivity contribution is 0.219. The monoisotopic (exact) mass is 289 g/mol. The van der Waals surface area contributed by atoms with Crippen molar-refractivity contribution in [2.45, 2.75) is 40.2 Å². The minimum atomic E-state index is 0.212. The minimum absolute atomic E-state index is 0.212. The van der Waals surface area contributed by atoms with Crippen LogP contribution in [0.2, 0.25) is 0 Å². The molecule has 1 fully saturated rings. The third kappa shape index (κ3) is 4.72. The van der Waals surface area contributed by atoms with E-state index in [-0.39, 0.29) is 11.5 Å². The summed E-state index contributed by atoms with van der Waals surface area (Å²) in [5, 5.41) is 0. The Morgan fingerprint density at radius 3 is 2.38 bits per heavy atom. The lowest BCUT2D eigenvalue weighted by Crippen LogP contribution is -2.48. The Hall–Kier alpha value is -1.06. The van der Waals surface area contributed by atoms with Gasteiger partial charge in [0.2, 0.25) is 0 Å². The van der Waals surface area contributed by atoms with E-state index in [1.165, 1.54) is 11.3 Å². The Morgan fingerprint density at radius 1 is 1.14 bits per heavy atom. The second kappa shape index (κ2) is 6.80. The first-order valence-electron chi connectivity index (χ1n) is 8.16. The molecule has 3 heteroatoms. The summed E-state index contributed by atoms with van der Waals surface area (Å²) < 4.78 is 0. The Labute approximate surface area is 130 Å². The standard InChI is InChI=1S/C18H31N3/c1-15-6-5-7-16(14-15)21-12-10-20(11-13-21)9-8-17(19)18(2,3)4/h5-7,14,17H,8-13,19H2,1-4H3. The van der Waals surface area contributed by atoms with Gasteiger partial charge in [-0.05, 0) is 43.0 Å². The summed E-state index contributed by atoms with van der Waals surface area (Å²) in [5.74, 6) is 0. The lowest BCUT2D eigenvalue weighted by Gasteiger charge is -2.37. The number of hydrogen-bond acceptors (Lipinski definition) is 3. The number of benzene rings is 1. The first-order valence-corrected chi connectivity index (χ1v) is 8.16. The maximum atomic E-state index is 6.27. The number of nitrogens with zero attached hydrogens (tertiary/aromatic N) is 2. The van der Waals surface area contributed by atoms with E-state index in [0.29, 0.717) is 0 Å².